The van der Waals surface area contributed by atoms with Gasteiger partial charge in [0.05, 0.1) is 10.7 Å². The minimum Gasteiger partial charge on any atom is -0.508 e. The Morgan fingerprint density at radius 3 is 2.80 bits per heavy atom. The van der Waals surface area contributed by atoms with E-state index >= 15 is 0 Å². The van der Waals surface area contributed by atoms with Gasteiger partial charge in [-0.2, -0.15) is 0 Å². The van der Waals surface area contributed by atoms with Crippen molar-refractivity contribution in [2.24, 2.45) is 0 Å². The van der Waals surface area contributed by atoms with Gasteiger partial charge in [-0.15, -0.1) is 0 Å². The Kier molecular flexibility index (Phi) is 2.60. The van der Waals surface area contributed by atoms with Crippen LogP contribution < -0.4 is 0 Å². The van der Waals surface area contributed by atoms with E-state index in [1.807, 2.05) is 19.1 Å². The Hall–Kier alpha value is -1.54. The number of rotatable bonds is 1. The average Bonchev–Trinajstić information content (AvgIpc) is 2.23. The molecular formula is C12H10ClNO. The van der Waals surface area contributed by atoms with Crippen LogP contribution in [0.5, 0.6) is 5.75 Å². The molecule has 1 heterocycles. The Morgan fingerprint density at radius 1 is 1.27 bits per heavy atom. The van der Waals surface area contributed by atoms with Crippen molar-refractivity contribution in [3.63, 3.8) is 0 Å². The van der Waals surface area contributed by atoms with Crippen LogP contribution >= 0.6 is 11.6 Å². The quantitative estimate of drug-likeness (QED) is 0.797. The zero-order valence-electron chi connectivity index (χ0n) is 8.24. The second kappa shape index (κ2) is 3.91. The number of phenols is 1. The highest BCUT2D eigenvalue weighted by atomic mass is 35.5. The number of pyridine rings is 1. The van der Waals surface area contributed by atoms with Crippen molar-refractivity contribution in [2.45, 2.75) is 6.92 Å². The predicted octanol–water partition coefficient (Wildman–Crippen LogP) is 3.42. The molecule has 0 fully saturated rings. The first-order valence-electron chi connectivity index (χ1n) is 4.59. The monoisotopic (exact) mass is 219 g/mol. The molecule has 0 saturated carbocycles. The third-order valence-electron chi connectivity index (χ3n) is 2.21. The molecule has 0 atom stereocenters. The molecule has 0 radical (unpaired) electrons. The van der Waals surface area contributed by atoms with Crippen LogP contribution in [0.25, 0.3) is 11.3 Å². The molecule has 0 spiro atoms. The summed E-state index contributed by atoms with van der Waals surface area (Å²) in [6.07, 6.45) is 1.71. The topological polar surface area (TPSA) is 33.1 Å². The predicted molar refractivity (Wildman–Crippen MR) is 61.1 cm³/mol. The maximum absolute atomic E-state index is 9.40. The van der Waals surface area contributed by atoms with Crippen molar-refractivity contribution in [2.75, 3.05) is 0 Å². The molecule has 3 heteroatoms. The van der Waals surface area contributed by atoms with Crippen LogP contribution in [0.3, 0.4) is 0 Å². The molecule has 0 unspecified atom stereocenters. The smallest absolute Gasteiger partial charge is 0.116 e. The number of hydrogen-bond donors (Lipinski definition) is 1. The molecule has 2 rings (SSSR count). The molecule has 2 nitrogen and oxygen atoms in total. The molecule has 0 saturated heterocycles. The zero-order chi connectivity index (χ0) is 10.8. The Bertz CT molecular complexity index is 497. The first-order chi connectivity index (χ1) is 7.18. The Morgan fingerprint density at radius 2 is 2.07 bits per heavy atom. The first-order valence-corrected chi connectivity index (χ1v) is 4.97. The summed E-state index contributed by atoms with van der Waals surface area (Å²) in [6, 6.07) is 8.68. The van der Waals surface area contributed by atoms with Gasteiger partial charge in [-0.1, -0.05) is 17.7 Å². The number of halogens is 1. The standard InChI is InChI=1S/C12H10ClNO/c1-8-3-2-6-14-12(8)10-7-9(15)4-5-11(10)13/h2-7,15H,1H3. The van der Waals surface area contributed by atoms with Crippen molar-refractivity contribution >= 4 is 11.6 Å². The second-order valence-electron chi connectivity index (χ2n) is 3.33. The molecular weight excluding hydrogens is 210 g/mol. The van der Waals surface area contributed by atoms with E-state index in [9.17, 15) is 5.11 Å². The van der Waals surface area contributed by atoms with E-state index < -0.39 is 0 Å². The van der Waals surface area contributed by atoms with E-state index in [1.165, 1.54) is 0 Å². The zero-order valence-corrected chi connectivity index (χ0v) is 8.99. The fourth-order valence-corrected chi connectivity index (χ4v) is 1.67. The summed E-state index contributed by atoms with van der Waals surface area (Å²) < 4.78 is 0. The summed E-state index contributed by atoms with van der Waals surface area (Å²) >= 11 is 6.05. The minimum atomic E-state index is 0.194. The summed E-state index contributed by atoms with van der Waals surface area (Å²) in [4.78, 5) is 4.25. The van der Waals surface area contributed by atoms with Gasteiger partial charge in [0.2, 0.25) is 0 Å². The van der Waals surface area contributed by atoms with Crippen molar-refractivity contribution in [1.82, 2.24) is 4.98 Å². The van der Waals surface area contributed by atoms with Crippen molar-refractivity contribution < 1.29 is 5.11 Å². The molecule has 1 N–H and O–H groups in total. The van der Waals surface area contributed by atoms with Gasteiger partial charge in [0.1, 0.15) is 5.75 Å². The van der Waals surface area contributed by atoms with Crippen molar-refractivity contribution in [3.05, 3.63) is 47.1 Å². The molecule has 0 aliphatic rings. The fourth-order valence-electron chi connectivity index (χ4n) is 1.46. The molecule has 2 aromatic rings. The summed E-state index contributed by atoms with van der Waals surface area (Å²) in [5, 5.41) is 10.00. The van der Waals surface area contributed by atoms with Crippen LogP contribution in [0.4, 0.5) is 0 Å². The number of aromatic hydroxyl groups is 1. The van der Waals surface area contributed by atoms with E-state index in [2.05, 4.69) is 4.98 Å². The highest BCUT2D eigenvalue weighted by Crippen LogP contribution is 2.31. The van der Waals surface area contributed by atoms with Gasteiger partial charge in [-0.3, -0.25) is 4.98 Å². The SMILES string of the molecule is Cc1cccnc1-c1cc(O)ccc1Cl. The Balaban J connectivity index is 2.64. The van der Waals surface area contributed by atoms with Crippen LogP contribution in [0, 0.1) is 6.92 Å². The third kappa shape index (κ3) is 1.95. The number of hydrogen-bond acceptors (Lipinski definition) is 2. The first kappa shape index (κ1) is 9.99. The van der Waals surface area contributed by atoms with Gasteiger partial charge < -0.3 is 5.11 Å². The number of aromatic nitrogens is 1. The second-order valence-corrected chi connectivity index (χ2v) is 3.74. The molecule has 0 amide bonds. The van der Waals surface area contributed by atoms with E-state index in [-0.39, 0.29) is 5.75 Å². The van der Waals surface area contributed by atoms with E-state index in [4.69, 9.17) is 11.6 Å². The maximum atomic E-state index is 9.40. The lowest BCUT2D eigenvalue weighted by atomic mass is 10.1. The van der Waals surface area contributed by atoms with Crippen LogP contribution in [0.1, 0.15) is 5.56 Å². The lowest BCUT2D eigenvalue weighted by Crippen LogP contribution is -1.87. The van der Waals surface area contributed by atoms with Gasteiger partial charge in [0, 0.05) is 11.8 Å². The van der Waals surface area contributed by atoms with Crippen LogP contribution in [0.2, 0.25) is 5.02 Å². The van der Waals surface area contributed by atoms with E-state index in [1.54, 1.807) is 24.4 Å². The molecule has 76 valence electrons. The maximum Gasteiger partial charge on any atom is 0.116 e. The van der Waals surface area contributed by atoms with Gasteiger partial charge in [-0.05, 0) is 36.8 Å². The van der Waals surface area contributed by atoms with E-state index in [0.717, 1.165) is 16.8 Å². The normalized spacial score (nSPS) is 10.3. The molecule has 0 aliphatic carbocycles. The van der Waals surface area contributed by atoms with Gasteiger partial charge in [0.15, 0.2) is 0 Å². The third-order valence-corrected chi connectivity index (χ3v) is 2.54. The van der Waals surface area contributed by atoms with Gasteiger partial charge in [0.25, 0.3) is 0 Å². The summed E-state index contributed by atoms with van der Waals surface area (Å²) in [6.45, 7) is 1.96. The van der Waals surface area contributed by atoms with E-state index in [0.29, 0.717) is 5.02 Å². The minimum absolute atomic E-state index is 0.194. The Labute approximate surface area is 93.2 Å². The summed E-state index contributed by atoms with van der Waals surface area (Å²) in [5.74, 6) is 0.194. The van der Waals surface area contributed by atoms with Crippen LogP contribution in [-0.4, -0.2) is 10.1 Å². The molecule has 15 heavy (non-hydrogen) atoms. The highest BCUT2D eigenvalue weighted by Gasteiger charge is 2.07. The number of benzene rings is 1. The van der Waals surface area contributed by atoms with Crippen LogP contribution in [-0.2, 0) is 0 Å². The number of nitrogens with zero attached hydrogens (tertiary/aromatic N) is 1. The molecule has 0 bridgehead atoms. The molecule has 1 aromatic carbocycles. The van der Waals surface area contributed by atoms with Crippen molar-refractivity contribution in [1.29, 1.82) is 0 Å². The number of aryl methyl sites for hydroxylation is 1. The van der Waals surface area contributed by atoms with Crippen LogP contribution in [0.15, 0.2) is 36.5 Å². The number of phenolic OH excluding ortho intramolecular Hbond substituents is 1. The lowest BCUT2D eigenvalue weighted by Gasteiger charge is -2.06. The summed E-state index contributed by atoms with van der Waals surface area (Å²) in [7, 11) is 0. The van der Waals surface area contributed by atoms with Crippen molar-refractivity contribution in [3.8, 4) is 17.0 Å². The fraction of sp³-hybridized carbons (Fsp3) is 0.0833. The van der Waals surface area contributed by atoms with Gasteiger partial charge in [-0.25, -0.2) is 0 Å². The summed E-state index contributed by atoms with van der Waals surface area (Å²) in [5.41, 5.74) is 2.60. The average molecular weight is 220 g/mol. The molecule has 1 aromatic heterocycles. The van der Waals surface area contributed by atoms with Gasteiger partial charge >= 0.3 is 0 Å². The lowest BCUT2D eigenvalue weighted by molar-refractivity contribution is 0.475. The highest BCUT2D eigenvalue weighted by molar-refractivity contribution is 6.33. The largest absolute Gasteiger partial charge is 0.508 e. The molecule has 0 aliphatic heterocycles.